The molecule has 0 atom stereocenters. The summed E-state index contributed by atoms with van der Waals surface area (Å²) in [5, 5.41) is 4.01. The van der Waals surface area contributed by atoms with Crippen molar-refractivity contribution in [1.29, 1.82) is 0 Å². The van der Waals surface area contributed by atoms with Crippen LogP contribution in [0, 0.1) is 0 Å². The summed E-state index contributed by atoms with van der Waals surface area (Å²) < 4.78 is 5.38. The zero-order chi connectivity index (χ0) is 11.6. The Labute approximate surface area is 96.0 Å². The SMILES string of the molecule is CCN(C)c1noc(C2(CN)CCCC2)n1. The fraction of sp³-hybridized carbons (Fsp3) is 0.818. The minimum Gasteiger partial charge on any atom is -0.342 e. The molecule has 5 heteroatoms. The molecular weight excluding hydrogens is 204 g/mol. The lowest BCUT2D eigenvalue weighted by Gasteiger charge is -2.21. The van der Waals surface area contributed by atoms with Gasteiger partial charge in [0.15, 0.2) is 0 Å². The summed E-state index contributed by atoms with van der Waals surface area (Å²) in [6, 6.07) is 0. The third-order valence-corrected chi connectivity index (χ3v) is 3.64. The molecule has 1 saturated carbocycles. The number of hydrogen-bond acceptors (Lipinski definition) is 5. The largest absolute Gasteiger partial charge is 0.342 e. The Kier molecular flexibility index (Phi) is 3.14. The van der Waals surface area contributed by atoms with E-state index in [4.69, 9.17) is 10.3 Å². The second kappa shape index (κ2) is 4.41. The van der Waals surface area contributed by atoms with Crippen molar-refractivity contribution in [3.8, 4) is 0 Å². The normalized spacial score (nSPS) is 18.9. The van der Waals surface area contributed by atoms with Gasteiger partial charge in [-0.15, -0.1) is 0 Å². The third kappa shape index (κ3) is 1.80. The van der Waals surface area contributed by atoms with Crippen molar-refractivity contribution in [3.05, 3.63) is 5.89 Å². The number of nitrogens with two attached hydrogens (primary N) is 1. The topological polar surface area (TPSA) is 68.2 Å². The first kappa shape index (κ1) is 11.4. The fourth-order valence-corrected chi connectivity index (χ4v) is 2.28. The Balaban J connectivity index is 2.23. The quantitative estimate of drug-likeness (QED) is 0.834. The van der Waals surface area contributed by atoms with Gasteiger partial charge < -0.3 is 15.2 Å². The minimum absolute atomic E-state index is 0.0557. The maximum absolute atomic E-state index is 5.88. The summed E-state index contributed by atoms with van der Waals surface area (Å²) in [7, 11) is 1.96. The number of aromatic nitrogens is 2. The highest BCUT2D eigenvalue weighted by Crippen LogP contribution is 2.39. The summed E-state index contributed by atoms with van der Waals surface area (Å²) in [6.45, 7) is 3.53. The lowest BCUT2D eigenvalue weighted by Crippen LogP contribution is -2.32. The first-order valence-electron chi connectivity index (χ1n) is 5.97. The molecule has 0 radical (unpaired) electrons. The Hall–Kier alpha value is -1.10. The summed E-state index contributed by atoms with van der Waals surface area (Å²) in [4.78, 5) is 6.44. The van der Waals surface area contributed by atoms with Gasteiger partial charge in [-0.1, -0.05) is 12.8 Å². The average molecular weight is 224 g/mol. The molecule has 2 N–H and O–H groups in total. The van der Waals surface area contributed by atoms with Crippen LogP contribution in [0.25, 0.3) is 0 Å². The van der Waals surface area contributed by atoms with Gasteiger partial charge in [-0.05, 0) is 24.9 Å². The predicted molar refractivity (Wildman–Crippen MR) is 62.4 cm³/mol. The van der Waals surface area contributed by atoms with Crippen molar-refractivity contribution >= 4 is 5.95 Å². The monoisotopic (exact) mass is 224 g/mol. The number of rotatable bonds is 4. The maximum atomic E-state index is 5.88. The van der Waals surface area contributed by atoms with E-state index in [-0.39, 0.29) is 5.41 Å². The Bertz CT molecular complexity index is 344. The highest BCUT2D eigenvalue weighted by molar-refractivity contribution is 5.27. The van der Waals surface area contributed by atoms with Crippen molar-refractivity contribution in [2.75, 3.05) is 25.0 Å². The summed E-state index contributed by atoms with van der Waals surface area (Å²) >= 11 is 0. The van der Waals surface area contributed by atoms with E-state index in [9.17, 15) is 0 Å². The molecule has 0 bridgehead atoms. The van der Waals surface area contributed by atoms with E-state index >= 15 is 0 Å². The lowest BCUT2D eigenvalue weighted by molar-refractivity contribution is 0.284. The lowest BCUT2D eigenvalue weighted by atomic mass is 9.86. The zero-order valence-electron chi connectivity index (χ0n) is 10.1. The number of nitrogens with zero attached hydrogens (tertiary/aromatic N) is 3. The van der Waals surface area contributed by atoms with Crippen molar-refractivity contribution in [2.24, 2.45) is 5.73 Å². The molecule has 1 heterocycles. The Morgan fingerprint density at radius 2 is 2.12 bits per heavy atom. The van der Waals surface area contributed by atoms with Crippen LogP contribution in [0.3, 0.4) is 0 Å². The number of anilines is 1. The first-order chi connectivity index (χ1) is 7.72. The Morgan fingerprint density at radius 1 is 1.44 bits per heavy atom. The Morgan fingerprint density at radius 3 is 2.69 bits per heavy atom. The molecule has 0 unspecified atom stereocenters. The molecule has 0 saturated heterocycles. The molecule has 16 heavy (non-hydrogen) atoms. The fourth-order valence-electron chi connectivity index (χ4n) is 2.28. The molecule has 0 amide bonds. The van der Waals surface area contributed by atoms with Gasteiger partial charge in [0.05, 0.1) is 5.41 Å². The van der Waals surface area contributed by atoms with Crippen molar-refractivity contribution in [3.63, 3.8) is 0 Å². The molecular formula is C11H20N4O. The molecule has 1 aromatic heterocycles. The summed E-state index contributed by atoms with van der Waals surface area (Å²) in [5.74, 6) is 1.39. The molecule has 0 aliphatic heterocycles. The predicted octanol–water partition coefficient (Wildman–Crippen LogP) is 1.30. The van der Waals surface area contributed by atoms with Crippen LogP contribution in [0.5, 0.6) is 0 Å². The van der Waals surface area contributed by atoms with E-state index in [1.165, 1.54) is 12.8 Å². The van der Waals surface area contributed by atoms with E-state index in [1.54, 1.807) is 0 Å². The van der Waals surface area contributed by atoms with Crippen LogP contribution in [0.2, 0.25) is 0 Å². The molecule has 1 aliphatic carbocycles. The average Bonchev–Trinajstić information content (AvgIpc) is 2.96. The van der Waals surface area contributed by atoms with Crippen LogP contribution in [-0.4, -0.2) is 30.3 Å². The molecule has 0 aromatic carbocycles. The van der Waals surface area contributed by atoms with E-state index in [1.807, 2.05) is 11.9 Å². The number of hydrogen-bond donors (Lipinski definition) is 1. The van der Waals surface area contributed by atoms with Gasteiger partial charge in [-0.3, -0.25) is 0 Å². The molecule has 2 rings (SSSR count). The van der Waals surface area contributed by atoms with Gasteiger partial charge in [-0.25, -0.2) is 0 Å². The molecule has 0 spiro atoms. The van der Waals surface area contributed by atoms with Crippen LogP contribution in [0.15, 0.2) is 4.52 Å². The molecule has 1 aromatic rings. The zero-order valence-corrected chi connectivity index (χ0v) is 10.1. The standard InChI is InChI=1S/C11H20N4O/c1-3-15(2)10-13-9(16-14-10)11(8-12)6-4-5-7-11/h3-8,12H2,1-2H3. The van der Waals surface area contributed by atoms with E-state index < -0.39 is 0 Å². The third-order valence-electron chi connectivity index (χ3n) is 3.64. The van der Waals surface area contributed by atoms with Gasteiger partial charge in [0, 0.05) is 20.1 Å². The second-order valence-electron chi connectivity index (χ2n) is 4.61. The van der Waals surface area contributed by atoms with E-state index in [0.29, 0.717) is 12.5 Å². The van der Waals surface area contributed by atoms with E-state index in [2.05, 4.69) is 17.1 Å². The van der Waals surface area contributed by atoms with Crippen LogP contribution in [-0.2, 0) is 5.41 Å². The van der Waals surface area contributed by atoms with Crippen LogP contribution < -0.4 is 10.6 Å². The van der Waals surface area contributed by atoms with Crippen molar-refractivity contribution in [2.45, 2.75) is 38.0 Å². The van der Waals surface area contributed by atoms with Gasteiger partial charge in [-0.2, -0.15) is 4.98 Å². The summed E-state index contributed by atoms with van der Waals surface area (Å²) in [6.07, 6.45) is 4.55. The molecule has 5 nitrogen and oxygen atoms in total. The van der Waals surface area contributed by atoms with Crippen molar-refractivity contribution in [1.82, 2.24) is 10.1 Å². The maximum Gasteiger partial charge on any atom is 0.265 e. The highest BCUT2D eigenvalue weighted by Gasteiger charge is 2.39. The van der Waals surface area contributed by atoms with Gasteiger partial charge in [0.25, 0.3) is 5.95 Å². The highest BCUT2D eigenvalue weighted by atomic mass is 16.5. The van der Waals surface area contributed by atoms with Gasteiger partial charge in [0.1, 0.15) is 0 Å². The van der Waals surface area contributed by atoms with Gasteiger partial charge in [0.2, 0.25) is 5.89 Å². The van der Waals surface area contributed by atoms with Crippen LogP contribution >= 0.6 is 0 Å². The minimum atomic E-state index is -0.0557. The smallest absolute Gasteiger partial charge is 0.265 e. The first-order valence-corrected chi connectivity index (χ1v) is 5.97. The van der Waals surface area contributed by atoms with E-state index in [0.717, 1.165) is 25.3 Å². The van der Waals surface area contributed by atoms with Crippen LogP contribution in [0.4, 0.5) is 5.95 Å². The van der Waals surface area contributed by atoms with Crippen molar-refractivity contribution < 1.29 is 4.52 Å². The van der Waals surface area contributed by atoms with Gasteiger partial charge >= 0.3 is 0 Å². The second-order valence-corrected chi connectivity index (χ2v) is 4.61. The molecule has 90 valence electrons. The van der Waals surface area contributed by atoms with Crippen LogP contribution in [0.1, 0.15) is 38.5 Å². The summed E-state index contributed by atoms with van der Waals surface area (Å²) in [5.41, 5.74) is 5.82. The molecule has 1 fully saturated rings. The molecule has 1 aliphatic rings.